The van der Waals surface area contributed by atoms with Gasteiger partial charge in [-0.1, -0.05) is 28.1 Å². The molecule has 2 aromatic rings. The molecule has 7 heteroatoms. The predicted molar refractivity (Wildman–Crippen MR) is 114 cm³/mol. The first-order valence-electron chi connectivity index (χ1n) is 9.11. The maximum atomic E-state index is 13.2. The van der Waals surface area contributed by atoms with Crippen LogP contribution in [0.25, 0.3) is 0 Å². The van der Waals surface area contributed by atoms with Gasteiger partial charge in [0.15, 0.2) is 0 Å². The maximum absolute atomic E-state index is 13.2. The van der Waals surface area contributed by atoms with Crippen LogP contribution in [0, 0.1) is 0 Å². The lowest BCUT2D eigenvalue weighted by Gasteiger charge is -2.30. The molecule has 0 aromatic heterocycles. The summed E-state index contributed by atoms with van der Waals surface area (Å²) >= 11 is 3.48. The van der Waals surface area contributed by atoms with Crippen LogP contribution in [0.5, 0.6) is 5.75 Å². The van der Waals surface area contributed by atoms with Gasteiger partial charge in [-0.15, -0.1) is 0 Å². The predicted octanol–water partition coefficient (Wildman–Crippen LogP) is 3.65. The number of methoxy groups -OCH3 is 1. The molecule has 2 amide bonds. The number of para-hydroxylation sites is 2. The zero-order chi connectivity index (χ0) is 20.3. The van der Waals surface area contributed by atoms with E-state index in [2.05, 4.69) is 21.2 Å². The summed E-state index contributed by atoms with van der Waals surface area (Å²) in [5, 5.41) is 2.88. The molecule has 28 heavy (non-hydrogen) atoms. The lowest BCUT2D eigenvalue weighted by atomic mass is 10.1. The molecule has 2 aromatic carbocycles. The first-order chi connectivity index (χ1) is 13.4. The van der Waals surface area contributed by atoms with Gasteiger partial charge in [0.1, 0.15) is 5.75 Å². The quantitative estimate of drug-likeness (QED) is 0.762. The first-order valence-corrected chi connectivity index (χ1v) is 9.90. The van der Waals surface area contributed by atoms with E-state index in [1.54, 1.807) is 12.0 Å². The molecule has 0 saturated heterocycles. The van der Waals surface area contributed by atoms with E-state index in [9.17, 15) is 9.59 Å². The van der Waals surface area contributed by atoms with Crippen LogP contribution >= 0.6 is 15.9 Å². The number of hydrogen-bond acceptors (Lipinski definition) is 4. The van der Waals surface area contributed by atoms with Crippen LogP contribution in [0.1, 0.15) is 18.9 Å². The molecule has 3 rings (SSSR count). The van der Waals surface area contributed by atoms with Crippen molar-refractivity contribution >= 4 is 39.1 Å². The minimum absolute atomic E-state index is 0.0482. The Morgan fingerprint density at radius 2 is 2.07 bits per heavy atom. The number of likely N-dealkylation sites (N-methyl/N-ethyl adjacent to an activating group) is 1. The highest BCUT2D eigenvalue weighted by molar-refractivity contribution is 9.10. The second kappa shape index (κ2) is 8.75. The number of nitrogens with one attached hydrogen (secondary N) is 1. The molecule has 0 aliphatic carbocycles. The summed E-state index contributed by atoms with van der Waals surface area (Å²) in [6, 6.07) is 13.0. The van der Waals surface area contributed by atoms with Crippen molar-refractivity contribution in [1.29, 1.82) is 0 Å². The van der Waals surface area contributed by atoms with Gasteiger partial charge in [0.05, 0.1) is 25.0 Å². The van der Waals surface area contributed by atoms with Crippen LogP contribution in [0.3, 0.4) is 0 Å². The Balaban J connectivity index is 1.78. The summed E-state index contributed by atoms with van der Waals surface area (Å²) in [5.74, 6) is 0.654. The Bertz CT molecular complexity index is 887. The number of benzene rings is 2. The molecule has 1 heterocycles. The van der Waals surface area contributed by atoms with E-state index in [0.717, 1.165) is 21.5 Å². The fraction of sp³-hybridized carbons (Fsp3) is 0.333. The van der Waals surface area contributed by atoms with Gasteiger partial charge in [0.25, 0.3) is 0 Å². The maximum Gasteiger partial charge on any atom is 0.241 e. The van der Waals surface area contributed by atoms with Crippen molar-refractivity contribution in [2.75, 3.05) is 30.9 Å². The molecular weight excluding hydrogens is 422 g/mol. The highest BCUT2D eigenvalue weighted by Gasteiger charge is 2.29. The summed E-state index contributed by atoms with van der Waals surface area (Å²) in [5.41, 5.74) is 2.40. The van der Waals surface area contributed by atoms with Crippen molar-refractivity contribution in [2.45, 2.75) is 25.9 Å². The monoisotopic (exact) mass is 445 g/mol. The lowest BCUT2D eigenvalue weighted by molar-refractivity contribution is -0.120. The first kappa shape index (κ1) is 20.4. The van der Waals surface area contributed by atoms with Gasteiger partial charge in [-0.3, -0.25) is 14.5 Å². The van der Waals surface area contributed by atoms with E-state index in [1.807, 2.05) is 61.3 Å². The summed E-state index contributed by atoms with van der Waals surface area (Å²) in [7, 11) is 3.54. The van der Waals surface area contributed by atoms with Crippen LogP contribution in [0.15, 0.2) is 46.9 Å². The van der Waals surface area contributed by atoms with E-state index < -0.39 is 0 Å². The van der Waals surface area contributed by atoms with Crippen molar-refractivity contribution in [3.8, 4) is 5.75 Å². The minimum atomic E-state index is -0.218. The molecule has 1 aliphatic rings. The molecule has 0 unspecified atom stereocenters. The highest BCUT2D eigenvalue weighted by atomic mass is 79.9. The number of amides is 2. The standard InChI is InChI=1S/C21H24BrN3O3/c1-14-10-20(26)23-17-6-4-5-7-18(17)25(14)21(27)13-24(2)12-15-11-16(22)8-9-19(15)28-3/h4-9,11,14H,10,12-13H2,1-3H3,(H,23,26)/t14-/m1/s1. The fourth-order valence-electron chi connectivity index (χ4n) is 3.49. The van der Waals surface area contributed by atoms with Gasteiger partial charge in [-0.05, 0) is 44.3 Å². The molecular formula is C21H24BrN3O3. The highest BCUT2D eigenvalue weighted by Crippen LogP contribution is 2.31. The Morgan fingerprint density at radius 1 is 1.32 bits per heavy atom. The van der Waals surface area contributed by atoms with Gasteiger partial charge < -0.3 is 15.0 Å². The number of ether oxygens (including phenoxy) is 1. The Morgan fingerprint density at radius 3 is 2.82 bits per heavy atom. The van der Waals surface area contributed by atoms with Gasteiger partial charge in [0, 0.05) is 29.0 Å². The van der Waals surface area contributed by atoms with Gasteiger partial charge in [-0.25, -0.2) is 0 Å². The smallest absolute Gasteiger partial charge is 0.241 e. The number of halogens is 1. The van der Waals surface area contributed by atoms with Crippen LogP contribution in [0.4, 0.5) is 11.4 Å². The van der Waals surface area contributed by atoms with Crippen molar-refractivity contribution in [3.63, 3.8) is 0 Å². The fourth-order valence-corrected chi connectivity index (χ4v) is 3.90. The molecule has 1 aliphatic heterocycles. The van der Waals surface area contributed by atoms with E-state index in [4.69, 9.17) is 4.74 Å². The Kier molecular flexibility index (Phi) is 6.36. The van der Waals surface area contributed by atoms with E-state index in [-0.39, 0.29) is 30.8 Å². The van der Waals surface area contributed by atoms with Crippen LogP contribution in [0.2, 0.25) is 0 Å². The van der Waals surface area contributed by atoms with E-state index in [0.29, 0.717) is 12.2 Å². The second-order valence-corrected chi connectivity index (χ2v) is 7.93. The topological polar surface area (TPSA) is 61.9 Å². The van der Waals surface area contributed by atoms with Crippen molar-refractivity contribution in [3.05, 3.63) is 52.5 Å². The molecule has 1 atom stereocenters. The average molecular weight is 446 g/mol. The summed E-state index contributed by atoms with van der Waals surface area (Å²) in [6.45, 7) is 2.69. The van der Waals surface area contributed by atoms with E-state index >= 15 is 0 Å². The van der Waals surface area contributed by atoms with Crippen molar-refractivity contribution < 1.29 is 14.3 Å². The molecule has 0 fully saturated rings. The van der Waals surface area contributed by atoms with Crippen molar-refractivity contribution in [1.82, 2.24) is 4.90 Å². The van der Waals surface area contributed by atoms with Crippen LogP contribution < -0.4 is 15.0 Å². The molecule has 0 saturated carbocycles. The number of carbonyl (C=O) groups is 2. The van der Waals surface area contributed by atoms with Gasteiger partial charge in [0.2, 0.25) is 11.8 Å². The Hall–Kier alpha value is -2.38. The van der Waals surface area contributed by atoms with Crippen molar-refractivity contribution in [2.24, 2.45) is 0 Å². The number of hydrogen-bond donors (Lipinski definition) is 1. The molecule has 1 N–H and O–H groups in total. The summed E-state index contributed by atoms with van der Waals surface area (Å²) in [6.07, 6.45) is 0.267. The molecule has 0 bridgehead atoms. The van der Waals surface area contributed by atoms with Gasteiger partial charge >= 0.3 is 0 Å². The third-order valence-corrected chi connectivity index (χ3v) is 5.21. The number of carbonyl (C=O) groups excluding carboxylic acids is 2. The summed E-state index contributed by atoms with van der Waals surface area (Å²) < 4.78 is 6.39. The molecule has 0 radical (unpaired) electrons. The summed E-state index contributed by atoms with van der Waals surface area (Å²) in [4.78, 5) is 28.9. The molecule has 6 nitrogen and oxygen atoms in total. The number of nitrogens with zero attached hydrogens (tertiary/aromatic N) is 2. The molecule has 0 spiro atoms. The zero-order valence-electron chi connectivity index (χ0n) is 16.2. The third kappa shape index (κ3) is 4.54. The largest absolute Gasteiger partial charge is 0.496 e. The third-order valence-electron chi connectivity index (χ3n) is 4.72. The lowest BCUT2D eigenvalue weighted by Crippen LogP contribution is -2.44. The van der Waals surface area contributed by atoms with Crippen LogP contribution in [-0.4, -0.2) is 43.5 Å². The zero-order valence-corrected chi connectivity index (χ0v) is 17.8. The minimum Gasteiger partial charge on any atom is -0.496 e. The van der Waals surface area contributed by atoms with Gasteiger partial charge in [-0.2, -0.15) is 0 Å². The second-order valence-electron chi connectivity index (χ2n) is 7.01. The number of anilines is 2. The van der Waals surface area contributed by atoms with E-state index in [1.165, 1.54) is 0 Å². The van der Waals surface area contributed by atoms with Crippen LogP contribution in [-0.2, 0) is 16.1 Å². The molecule has 148 valence electrons. The normalized spacial score (nSPS) is 16.4. The Labute approximate surface area is 173 Å². The number of rotatable bonds is 5. The average Bonchev–Trinajstić information content (AvgIpc) is 2.75. The SMILES string of the molecule is COc1ccc(Br)cc1CN(C)CC(=O)N1c2ccccc2NC(=O)C[C@H]1C. The number of fused-ring (bicyclic) bond motifs is 1.